The summed E-state index contributed by atoms with van der Waals surface area (Å²) in [4.78, 5) is 25.1. The molecule has 2 fully saturated rings. The first-order chi connectivity index (χ1) is 10.6. The van der Waals surface area contributed by atoms with Crippen LogP contribution in [0.15, 0.2) is 12.3 Å². The Labute approximate surface area is 128 Å². The molecule has 0 saturated carbocycles. The normalized spacial score (nSPS) is 26.3. The lowest BCUT2D eigenvalue weighted by Crippen LogP contribution is -2.44. The fourth-order valence-electron chi connectivity index (χ4n) is 3.38. The van der Waals surface area contributed by atoms with Crippen molar-refractivity contribution in [3.05, 3.63) is 18.0 Å². The van der Waals surface area contributed by atoms with Crippen molar-refractivity contribution in [2.45, 2.75) is 43.8 Å². The molecular formula is C15H21N3O4. The molecule has 0 aromatic carbocycles. The fraction of sp³-hybridized carbons (Fsp3) is 0.667. The lowest BCUT2D eigenvalue weighted by Gasteiger charge is -2.33. The number of ether oxygens (including phenoxy) is 1. The predicted molar refractivity (Wildman–Crippen MR) is 77.3 cm³/mol. The highest BCUT2D eigenvalue weighted by Crippen LogP contribution is 2.29. The first kappa shape index (κ1) is 15.0. The van der Waals surface area contributed by atoms with Crippen LogP contribution >= 0.6 is 0 Å². The van der Waals surface area contributed by atoms with Crippen LogP contribution in [0.25, 0.3) is 0 Å². The third kappa shape index (κ3) is 2.85. The average Bonchev–Trinajstić information content (AvgIpc) is 3.15. The second kappa shape index (κ2) is 6.08. The maximum absolute atomic E-state index is 12.4. The summed E-state index contributed by atoms with van der Waals surface area (Å²) in [5, 5.41) is 13.1. The van der Waals surface area contributed by atoms with E-state index in [1.54, 1.807) is 6.20 Å². The molecule has 22 heavy (non-hydrogen) atoms. The van der Waals surface area contributed by atoms with E-state index in [9.17, 15) is 9.59 Å². The summed E-state index contributed by atoms with van der Waals surface area (Å²) in [7, 11) is 1.94. The smallest absolute Gasteiger partial charge is 0.332 e. The molecular weight excluding hydrogens is 286 g/mol. The highest BCUT2D eigenvalue weighted by molar-refractivity contribution is 5.82. The van der Waals surface area contributed by atoms with Crippen LogP contribution in [0.2, 0.25) is 0 Å². The number of carboxylic acid groups (broad SMARTS) is 1. The van der Waals surface area contributed by atoms with Crippen molar-refractivity contribution in [1.82, 2.24) is 14.7 Å². The molecule has 2 saturated heterocycles. The second-order valence-electron chi connectivity index (χ2n) is 6.01. The Hall–Kier alpha value is -1.89. The van der Waals surface area contributed by atoms with E-state index in [0.29, 0.717) is 31.8 Å². The van der Waals surface area contributed by atoms with Crippen molar-refractivity contribution in [2.75, 3.05) is 13.1 Å². The van der Waals surface area contributed by atoms with Crippen LogP contribution in [0.1, 0.15) is 37.3 Å². The minimum atomic E-state index is -0.981. The van der Waals surface area contributed by atoms with Crippen LogP contribution in [0.4, 0.5) is 0 Å². The quantitative estimate of drug-likeness (QED) is 0.891. The first-order valence-corrected chi connectivity index (χ1v) is 7.71. The van der Waals surface area contributed by atoms with Gasteiger partial charge in [0.15, 0.2) is 6.10 Å². The molecule has 1 N–H and O–H groups in total. The zero-order valence-electron chi connectivity index (χ0n) is 12.6. The van der Waals surface area contributed by atoms with E-state index >= 15 is 0 Å². The van der Waals surface area contributed by atoms with Crippen LogP contribution in [0, 0.1) is 0 Å². The van der Waals surface area contributed by atoms with E-state index in [4.69, 9.17) is 9.84 Å². The van der Waals surface area contributed by atoms with Crippen molar-refractivity contribution >= 4 is 11.9 Å². The summed E-state index contributed by atoms with van der Waals surface area (Å²) < 4.78 is 7.24. The zero-order valence-corrected chi connectivity index (χ0v) is 12.6. The van der Waals surface area contributed by atoms with Gasteiger partial charge in [-0.25, -0.2) is 4.79 Å². The highest BCUT2D eigenvalue weighted by Gasteiger charge is 2.37. The number of aliphatic carboxylic acids is 1. The topological polar surface area (TPSA) is 84.7 Å². The van der Waals surface area contributed by atoms with E-state index < -0.39 is 18.2 Å². The molecule has 2 aliphatic rings. The Bertz CT molecular complexity index is 563. The van der Waals surface area contributed by atoms with Gasteiger partial charge in [-0.1, -0.05) is 0 Å². The van der Waals surface area contributed by atoms with Gasteiger partial charge < -0.3 is 14.7 Å². The van der Waals surface area contributed by atoms with E-state index in [2.05, 4.69) is 5.10 Å². The number of carbonyl (C=O) groups is 2. The standard InChI is InChI=1S/C15H21N3O4/c1-17-11(4-7-16-17)10-5-8-18(9-6-10)14(19)12-2-3-13(22-12)15(20)21/h4,7,10,12-13H,2-3,5-6,8-9H2,1H3,(H,20,21)/t12-,13+/m0/s1. The van der Waals surface area contributed by atoms with Gasteiger partial charge in [0.05, 0.1) is 0 Å². The zero-order chi connectivity index (χ0) is 15.7. The molecule has 3 rings (SSSR count). The lowest BCUT2D eigenvalue weighted by atomic mass is 9.93. The fourth-order valence-corrected chi connectivity index (χ4v) is 3.38. The van der Waals surface area contributed by atoms with Crippen molar-refractivity contribution in [3.63, 3.8) is 0 Å². The summed E-state index contributed by atoms with van der Waals surface area (Å²) in [6.07, 6.45) is 3.09. The van der Waals surface area contributed by atoms with Gasteiger partial charge in [-0.05, 0) is 31.7 Å². The SMILES string of the molecule is Cn1nccc1C1CCN(C(=O)[C@@H]2CC[C@H](C(=O)O)O2)CC1. The number of aromatic nitrogens is 2. The Morgan fingerprint density at radius 1 is 1.23 bits per heavy atom. The summed E-state index contributed by atoms with van der Waals surface area (Å²) in [6, 6.07) is 2.03. The minimum Gasteiger partial charge on any atom is -0.479 e. The number of carboxylic acids is 1. The molecule has 7 nitrogen and oxygen atoms in total. The number of aryl methyl sites for hydroxylation is 1. The Morgan fingerprint density at radius 2 is 1.91 bits per heavy atom. The number of likely N-dealkylation sites (tertiary alicyclic amines) is 1. The van der Waals surface area contributed by atoms with Crippen LogP contribution < -0.4 is 0 Å². The van der Waals surface area contributed by atoms with E-state index in [-0.39, 0.29) is 5.91 Å². The van der Waals surface area contributed by atoms with Gasteiger partial charge in [-0.15, -0.1) is 0 Å². The molecule has 2 aliphatic heterocycles. The molecule has 0 bridgehead atoms. The Kier molecular flexibility index (Phi) is 4.15. The van der Waals surface area contributed by atoms with Crippen LogP contribution in [0.3, 0.4) is 0 Å². The molecule has 1 amide bonds. The number of nitrogens with zero attached hydrogens (tertiary/aromatic N) is 3. The Morgan fingerprint density at radius 3 is 2.45 bits per heavy atom. The molecule has 0 spiro atoms. The van der Waals surface area contributed by atoms with E-state index in [1.165, 1.54) is 5.69 Å². The molecule has 2 atom stereocenters. The van der Waals surface area contributed by atoms with Gasteiger partial charge in [0, 0.05) is 37.9 Å². The van der Waals surface area contributed by atoms with E-state index in [0.717, 1.165) is 12.8 Å². The molecule has 0 aliphatic carbocycles. The number of hydrogen-bond donors (Lipinski definition) is 1. The number of rotatable bonds is 3. The molecule has 3 heterocycles. The van der Waals surface area contributed by atoms with Gasteiger partial charge in [0.2, 0.25) is 0 Å². The van der Waals surface area contributed by atoms with Gasteiger partial charge in [-0.3, -0.25) is 9.48 Å². The maximum Gasteiger partial charge on any atom is 0.332 e. The van der Waals surface area contributed by atoms with Crippen LogP contribution in [-0.4, -0.2) is 57.0 Å². The van der Waals surface area contributed by atoms with Gasteiger partial charge >= 0.3 is 5.97 Å². The molecule has 1 aromatic rings. The highest BCUT2D eigenvalue weighted by atomic mass is 16.5. The number of hydrogen-bond acceptors (Lipinski definition) is 4. The average molecular weight is 307 g/mol. The number of amides is 1. The molecule has 120 valence electrons. The van der Waals surface area contributed by atoms with Crippen molar-refractivity contribution in [2.24, 2.45) is 7.05 Å². The summed E-state index contributed by atoms with van der Waals surface area (Å²) in [5.74, 6) is -0.620. The molecule has 1 aromatic heterocycles. The maximum atomic E-state index is 12.4. The first-order valence-electron chi connectivity index (χ1n) is 7.71. The lowest BCUT2D eigenvalue weighted by molar-refractivity contribution is -0.155. The Balaban J connectivity index is 1.54. The summed E-state index contributed by atoms with van der Waals surface area (Å²) in [6.45, 7) is 1.37. The van der Waals surface area contributed by atoms with Crippen LogP contribution in [-0.2, 0) is 21.4 Å². The summed E-state index contributed by atoms with van der Waals surface area (Å²) >= 11 is 0. The van der Waals surface area contributed by atoms with Gasteiger partial charge in [0.25, 0.3) is 5.91 Å². The summed E-state index contributed by atoms with van der Waals surface area (Å²) in [5.41, 5.74) is 1.20. The monoisotopic (exact) mass is 307 g/mol. The van der Waals surface area contributed by atoms with E-state index in [1.807, 2.05) is 22.7 Å². The second-order valence-corrected chi connectivity index (χ2v) is 6.01. The minimum absolute atomic E-state index is 0.0628. The largest absolute Gasteiger partial charge is 0.479 e. The predicted octanol–water partition coefficient (Wildman–Crippen LogP) is 0.758. The molecule has 7 heteroatoms. The van der Waals surface area contributed by atoms with Crippen molar-refractivity contribution in [3.8, 4) is 0 Å². The number of piperidine rings is 1. The number of carbonyl (C=O) groups excluding carboxylic acids is 1. The van der Waals surface area contributed by atoms with Crippen molar-refractivity contribution < 1.29 is 19.4 Å². The third-order valence-corrected chi connectivity index (χ3v) is 4.65. The van der Waals surface area contributed by atoms with Gasteiger partial charge in [0.1, 0.15) is 6.10 Å². The molecule has 0 radical (unpaired) electrons. The van der Waals surface area contributed by atoms with Crippen LogP contribution in [0.5, 0.6) is 0 Å². The molecule has 0 unspecified atom stereocenters. The third-order valence-electron chi connectivity index (χ3n) is 4.65. The van der Waals surface area contributed by atoms with Crippen molar-refractivity contribution in [1.29, 1.82) is 0 Å². The van der Waals surface area contributed by atoms with Gasteiger partial charge in [-0.2, -0.15) is 5.10 Å².